The van der Waals surface area contributed by atoms with Crippen molar-refractivity contribution in [3.05, 3.63) is 65.7 Å². The highest BCUT2D eigenvalue weighted by Crippen LogP contribution is 2.34. The lowest BCUT2D eigenvalue weighted by Crippen LogP contribution is -2.44. The van der Waals surface area contributed by atoms with Crippen molar-refractivity contribution in [3.63, 3.8) is 0 Å². The van der Waals surface area contributed by atoms with Gasteiger partial charge in [0.05, 0.1) is 4.90 Å². The Balaban J connectivity index is 1.77. The fraction of sp³-hybridized carbons (Fsp3) is 0.429. The summed E-state index contributed by atoms with van der Waals surface area (Å²) in [4.78, 5) is 0.327. The minimum atomic E-state index is -3.53. The van der Waals surface area contributed by atoms with Gasteiger partial charge in [-0.05, 0) is 42.5 Å². The standard InChI is InChI=1S/C21H27NO3S/c1-2-6-18-9-11-20(12-10-18)26(23,24)22-17-21(13-15-25-16-14-21)19-7-4-3-5-8-19/h3-5,7-12,22H,2,6,13-17H2,1H3. The zero-order valence-corrected chi connectivity index (χ0v) is 16.1. The van der Waals surface area contributed by atoms with Crippen molar-refractivity contribution in [3.8, 4) is 0 Å². The third kappa shape index (κ3) is 4.34. The number of hydrogen-bond acceptors (Lipinski definition) is 3. The molecule has 0 amide bonds. The van der Waals surface area contributed by atoms with Crippen molar-refractivity contribution >= 4 is 10.0 Å². The highest BCUT2D eigenvalue weighted by Gasteiger charge is 2.35. The van der Waals surface area contributed by atoms with Crippen molar-refractivity contribution in [2.75, 3.05) is 19.8 Å². The molecule has 26 heavy (non-hydrogen) atoms. The molecule has 1 saturated heterocycles. The van der Waals surface area contributed by atoms with Crippen LogP contribution in [0.15, 0.2) is 59.5 Å². The van der Waals surface area contributed by atoms with Crippen LogP contribution < -0.4 is 4.72 Å². The first-order valence-corrected chi connectivity index (χ1v) is 10.8. The topological polar surface area (TPSA) is 55.4 Å². The van der Waals surface area contributed by atoms with E-state index in [0.717, 1.165) is 31.2 Å². The Morgan fingerprint density at radius 2 is 1.65 bits per heavy atom. The van der Waals surface area contributed by atoms with Crippen molar-refractivity contribution in [1.29, 1.82) is 0 Å². The molecule has 0 radical (unpaired) electrons. The van der Waals surface area contributed by atoms with Gasteiger partial charge in [0.15, 0.2) is 0 Å². The summed E-state index contributed by atoms with van der Waals surface area (Å²) >= 11 is 0. The Bertz CT molecular complexity index is 795. The molecular weight excluding hydrogens is 346 g/mol. The average Bonchev–Trinajstić information content (AvgIpc) is 2.69. The maximum absolute atomic E-state index is 12.8. The Morgan fingerprint density at radius 1 is 1.00 bits per heavy atom. The molecule has 1 aliphatic heterocycles. The van der Waals surface area contributed by atoms with Crippen LogP contribution >= 0.6 is 0 Å². The van der Waals surface area contributed by atoms with E-state index in [1.807, 2.05) is 30.3 Å². The Kier molecular flexibility index (Phi) is 6.12. The summed E-state index contributed by atoms with van der Waals surface area (Å²) in [6, 6.07) is 17.4. The zero-order valence-electron chi connectivity index (χ0n) is 15.3. The van der Waals surface area contributed by atoms with Crippen molar-refractivity contribution in [2.45, 2.75) is 42.9 Å². The first kappa shape index (κ1) is 19.1. The van der Waals surface area contributed by atoms with E-state index in [9.17, 15) is 8.42 Å². The van der Waals surface area contributed by atoms with Gasteiger partial charge in [0.1, 0.15) is 0 Å². The molecular formula is C21H27NO3S. The van der Waals surface area contributed by atoms with E-state index in [1.165, 1.54) is 5.56 Å². The van der Waals surface area contributed by atoms with Gasteiger partial charge in [-0.2, -0.15) is 0 Å². The lowest BCUT2D eigenvalue weighted by molar-refractivity contribution is 0.0517. The second-order valence-corrected chi connectivity index (χ2v) is 8.74. The summed E-state index contributed by atoms with van der Waals surface area (Å²) in [5.41, 5.74) is 2.12. The average molecular weight is 374 g/mol. The first-order chi connectivity index (χ1) is 12.6. The maximum Gasteiger partial charge on any atom is 0.240 e. The van der Waals surface area contributed by atoms with E-state index in [-0.39, 0.29) is 5.41 Å². The van der Waals surface area contributed by atoms with Gasteiger partial charge in [-0.3, -0.25) is 0 Å². The highest BCUT2D eigenvalue weighted by molar-refractivity contribution is 7.89. The van der Waals surface area contributed by atoms with E-state index in [4.69, 9.17) is 4.74 Å². The van der Waals surface area contributed by atoms with Crippen LogP contribution in [-0.2, 0) is 26.6 Å². The van der Waals surface area contributed by atoms with Gasteiger partial charge in [0.2, 0.25) is 10.0 Å². The molecule has 1 aliphatic rings. The molecule has 1 heterocycles. The lowest BCUT2D eigenvalue weighted by Gasteiger charge is -2.37. The summed E-state index contributed by atoms with van der Waals surface area (Å²) < 4.78 is 33.9. The predicted molar refractivity (Wildman–Crippen MR) is 104 cm³/mol. The number of rotatable bonds is 7. The minimum Gasteiger partial charge on any atom is -0.381 e. The zero-order chi connectivity index (χ0) is 18.5. The van der Waals surface area contributed by atoms with E-state index < -0.39 is 10.0 Å². The van der Waals surface area contributed by atoms with Crippen LogP contribution in [0.3, 0.4) is 0 Å². The first-order valence-electron chi connectivity index (χ1n) is 9.28. The predicted octanol–water partition coefficient (Wildman–Crippen LogP) is 3.67. The smallest absolute Gasteiger partial charge is 0.240 e. The number of hydrogen-bond donors (Lipinski definition) is 1. The van der Waals surface area contributed by atoms with Crippen LogP contribution in [0.25, 0.3) is 0 Å². The number of nitrogens with one attached hydrogen (secondary N) is 1. The van der Waals surface area contributed by atoms with E-state index in [0.29, 0.717) is 24.7 Å². The maximum atomic E-state index is 12.8. The molecule has 2 aromatic rings. The number of aryl methyl sites for hydroxylation is 1. The number of benzene rings is 2. The Labute approximate surface area is 156 Å². The SMILES string of the molecule is CCCc1ccc(S(=O)(=O)NCC2(c3ccccc3)CCOCC2)cc1. The molecule has 2 aromatic carbocycles. The third-order valence-corrected chi connectivity index (χ3v) is 6.63. The molecule has 0 unspecified atom stereocenters. The summed E-state index contributed by atoms with van der Waals surface area (Å²) in [5, 5.41) is 0. The fourth-order valence-electron chi connectivity index (χ4n) is 3.56. The fourth-order valence-corrected chi connectivity index (χ4v) is 4.69. The van der Waals surface area contributed by atoms with Gasteiger partial charge in [-0.25, -0.2) is 13.1 Å². The molecule has 1 fully saturated rings. The monoisotopic (exact) mass is 373 g/mol. The Morgan fingerprint density at radius 3 is 2.27 bits per heavy atom. The normalized spacial score (nSPS) is 17.1. The van der Waals surface area contributed by atoms with Crippen molar-refractivity contribution in [2.24, 2.45) is 0 Å². The molecule has 4 nitrogen and oxygen atoms in total. The van der Waals surface area contributed by atoms with Gasteiger partial charge in [0.25, 0.3) is 0 Å². The lowest BCUT2D eigenvalue weighted by atomic mass is 9.74. The van der Waals surface area contributed by atoms with Crippen LogP contribution in [0.5, 0.6) is 0 Å². The van der Waals surface area contributed by atoms with Crippen molar-refractivity contribution < 1.29 is 13.2 Å². The quantitative estimate of drug-likeness (QED) is 0.806. The summed E-state index contributed by atoms with van der Waals surface area (Å²) in [5.74, 6) is 0. The second kappa shape index (κ2) is 8.33. The summed E-state index contributed by atoms with van der Waals surface area (Å²) in [6.07, 6.45) is 3.64. The van der Waals surface area contributed by atoms with Gasteiger partial charge in [0, 0.05) is 25.2 Å². The van der Waals surface area contributed by atoms with Crippen molar-refractivity contribution in [1.82, 2.24) is 4.72 Å². The number of sulfonamides is 1. The number of ether oxygens (including phenoxy) is 1. The largest absolute Gasteiger partial charge is 0.381 e. The highest BCUT2D eigenvalue weighted by atomic mass is 32.2. The molecule has 0 saturated carbocycles. The molecule has 0 aromatic heterocycles. The molecule has 1 N–H and O–H groups in total. The van der Waals surface area contributed by atoms with Crippen LogP contribution in [0.1, 0.15) is 37.3 Å². The van der Waals surface area contributed by atoms with Crippen LogP contribution in [0.4, 0.5) is 0 Å². The molecule has 140 valence electrons. The minimum absolute atomic E-state index is 0.214. The molecule has 3 rings (SSSR count). The van der Waals surface area contributed by atoms with E-state index >= 15 is 0 Å². The van der Waals surface area contributed by atoms with Gasteiger partial charge in [-0.15, -0.1) is 0 Å². The van der Waals surface area contributed by atoms with Crippen LogP contribution in [0, 0.1) is 0 Å². The van der Waals surface area contributed by atoms with Gasteiger partial charge in [-0.1, -0.05) is 55.8 Å². The molecule has 0 spiro atoms. The second-order valence-electron chi connectivity index (χ2n) is 6.98. The van der Waals surface area contributed by atoms with Crippen LogP contribution in [0.2, 0.25) is 0 Å². The summed E-state index contributed by atoms with van der Waals surface area (Å²) in [7, 11) is -3.53. The molecule has 5 heteroatoms. The van der Waals surface area contributed by atoms with Crippen LogP contribution in [-0.4, -0.2) is 28.2 Å². The van der Waals surface area contributed by atoms with E-state index in [1.54, 1.807) is 12.1 Å². The Hall–Kier alpha value is -1.69. The molecule has 0 bridgehead atoms. The third-order valence-electron chi connectivity index (χ3n) is 5.21. The van der Waals surface area contributed by atoms with Gasteiger partial charge >= 0.3 is 0 Å². The van der Waals surface area contributed by atoms with E-state index in [2.05, 4.69) is 23.8 Å². The summed E-state index contributed by atoms with van der Waals surface area (Å²) in [6.45, 7) is 3.81. The molecule has 0 aliphatic carbocycles. The van der Waals surface area contributed by atoms with Gasteiger partial charge < -0.3 is 4.74 Å². The molecule has 0 atom stereocenters.